The number of hydrogen-bond donors (Lipinski definition) is 2. The molecule has 2 N–H and O–H groups in total. The molecule has 126 valence electrons. The highest BCUT2D eigenvalue weighted by Gasteiger charge is 2.19. The third kappa shape index (κ3) is 3.60. The van der Waals surface area contributed by atoms with Crippen molar-refractivity contribution in [1.29, 1.82) is 0 Å². The van der Waals surface area contributed by atoms with E-state index in [0.717, 1.165) is 6.07 Å². The molecule has 1 aromatic heterocycles. The number of rotatable bonds is 4. The third-order valence-corrected chi connectivity index (χ3v) is 3.28. The summed E-state index contributed by atoms with van der Waals surface area (Å²) in [6.45, 7) is 0. The number of ether oxygens (including phenoxy) is 1. The van der Waals surface area contributed by atoms with E-state index in [2.05, 4.69) is 15.6 Å². The number of benzene rings is 1. The summed E-state index contributed by atoms with van der Waals surface area (Å²) in [6.07, 6.45) is 1.17. The summed E-state index contributed by atoms with van der Waals surface area (Å²) in [5.74, 6) is -3.73. The van der Waals surface area contributed by atoms with Gasteiger partial charge >= 0.3 is 0 Å². The molecule has 0 aliphatic heterocycles. The van der Waals surface area contributed by atoms with Gasteiger partial charge in [0.15, 0.2) is 11.6 Å². The molecule has 0 saturated heterocycles. The van der Waals surface area contributed by atoms with Gasteiger partial charge in [-0.2, -0.15) is 0 Å². The Balaban J connectivity index is 2.40. The van der Waals surface area contributed by atoms with Crippen molar-refractivity contribution in [3.63, 3.8) is 0 Å². The first-order valence-corrected chi connectivity index (χ1v) is 6.97. The highest BCUT2D eigenvalue weighted by molar-refractivity contribution is 6.30. The minimum Gasteiger partial charge on any atom is -0.494 e. The molecule has 1 heterocycles. The number of nitrogens with zero attached hydrogens (tertiary/aromatic N) is 1. The van der Waals surface area contributed by atoms with Gasteiger partial charge in [0.25, 0.3) is 11.8 Å². The van der Waals surface area contributed by atoms with Gasteiger partial charge in [-0.1, -0.05) is 11.6 Å². The fourth-order valence-corrected chi connectivity index (χ4v) is 2.06. The lowest BCUT2D eigenvalue weighted by Crippen LogP contribution is -2.22. The monoisotopic (exact) mass is 355 g/mol. The van der Waals surface area contributed by atoms with Crippen LogP contribution < -0.4 is 15.4 Å². The van der Waals surface area contributed by atoms with Crippen LogP contribution in [0.3, 0.4) is 0 Å². The van der Waals surface area contributed by atoms with Gasteiger partial charge in [0.05, 0.1) is 23.9 Å². The minimum absolute atomic E-state index is 0.0233. The Bertz CT molecular complexity index is 815. The van der Waals surface area contributed by atoms with Crippen molar-refractivity contribution >= 4 is 29.1 Å². The molecule has 0 saturated carbocycles. The minimum atomic E-state index is -1.08. The van der Waals surface area contributed by atoms with Gasteiger partial charge in [0.1, 0.15) is 11.0 Å². The first-order valence-electron chi connectivity index (χ1n) is 6.59. The Morgan fingerprint density at radius 3 is 2.46 bits per heavy atom. The van der Waals surface area contributed by atoms with Gasteiger partial charge < -0.3 is 15.4 Å². The lowest BCUT2D eigenvalue weighted by atomic mass is 10.1. The highest BCUT2D eigenvalue weighted by atomic mass is 35.5. The molecule has 0 atom stereocenters. The second-order valence-electron chi connectivity index (χ2n) is 4.55. The maximum absolute atomic E-state index is 13.9. The van der Waals surface area contributed by atoms with Crippen molar-refractivity contribution in [1.82, 2.24) is 10.3 Å². The SMILES string of the molecule is CNC(=O)c1cnc(Cl)cc1NC(=O)c1cc(OC)c(F)cc1F. The number of pyridine rings is 1. The summed E-state index contributed by atoms with van der Waals surface area (Å²) in [5, 5.41) is 4.75. The van der Waals surface area contributed by atoms with Crippen LogP contribution in [0.1, 0.15) is 20.7 Å². The molecular weight excluding hydrogens is 344 g/mol. The second kappa shape index (κ2) is 7.22. The second-order valence-corrected chi connectivity index (χ2v) is 4.94. The number of aromatic nitrogens is 1. The summed E-state index contributed by atoms with van der Waals surface area (Å²) >= 11 is 5.76. The summed E-state index contributed by atoms with van der Waals surface area (Å²) in [6, 6.07) is 2.69. The molecule has 0 bridgehead atoms. The number of anilines is 1. The van der Waals surface area contributed by atoms with Crippen LogP contribution in [0.15, 0.2) is 24.4 Å². The van der Waals surface area contributed by atoms with Gasteiger partial charge in [0.2, 0.25) is 0 Å². The number of methoxy groups -OCH3 is 1. The summed E-state index contributed by atoms with van der Waals surface area (Å²) < 4.78 is 32.0. The summed E-state index contributed by atoms with van der Waals surface area (Å²) in [4.78, 5) is 27.8. The van der Waals surface area contributed by atoms with Crippen LogP contribution in [0, 0.1) is 11.6 Å². The van der Waals surface area contributed by atoms with Gasteiger partial charge in [0, 0.05) is 19.3 Å². The van der Waals surface area contributed by atoms with E-state index in [1.165, 1.54) is 26.4 Å². The van der Waals surface area contributed by atoms with Gasteiger partial charge in [-0.05, 0) is 12.1 Å². The predicted octanol–water partition coefficient (Wildman–Crippen LogP) is 2.63. The van der Waals surface area contributed by atoms with Crippen molar-refractivity contribution in [3.05, 3.63) is 52.3 Å². The zero-order valence-corrected chi connectivity index (χ0v) is 13.4. The molecule has 24 heavy (non-hydrogen) atoms. The number of hydrogen-bond acceptors (Lipinski definition) is 4. The zero-order chi connectivity index (χ0) is 17.9. The Labute approximate surface area is 140 Å². The Hall–Kier alpha value is -2.74. The van der Waals surface area contributed by atoms with Crippen LogP contribution in [0.4, 0.5) is 14.5 Å². The number of carbonyl (C=O) groups is 2. The molecule has 2 rings (SSSR count). The van der Waals surface area contributed by atoms with Crippen LogP contribution in [-0.4, -0.2) is 31.0 Å². The van der Waals surface area contributed by atoms with E-state index in [1.54, 1.807) is 0 Å². The molecule has 2 amide bonds. The van der Waals surface area contributed by atoms with Crippen molar-refractivity contribution < 1.29 is 23.1 Å². The van der Waals surface area contributed by atoms with Crippen LogP contribution in [0.25, 0.3) is 0 Å². The van der Waals surface area contributed by atoms with Gasteiger partial charge in [-0.15, -0.1) is 0 Å². The average Bonchev–Trinajstić information content (AvgIpc) is 2.54. The maximum atomic E-state index is 13.9. The number of nitrogens with one attached hydrogen (secondary N) is 2. The van der Waals surface area contributed by atoms with Crippen LogP contribution >= 0.6 is 11.6 Å². The first kappa shape index (κ1) is 17.6. The third-order valence-electron chi connectivity index (χ3n) is 3.08. The quantitative estimate of drug-likeness (QED) is 0.826. The lowest BCUT2D eigenvalue weighted by Gasteiger charge is -2.11. The molecule has 0 aliphatic carbocycles. The van der Waals surface area contributed by atoms with Gasteiger partial charge in [-0.3, -0.25) is 9.59 Å². The fourth-order valence-electron chi connectivity index (χ4n) is 1.90. The fraction of sp³-hybridized carbons (Fsp3) is 0.133. The zero-order valence-electron chi connectivity index (χ0n) is 12.6. The predicted molar refractivity (Wildman–Crippen MR) is 83.5 cm³/mol. The van der Waals surface area contributed by atoms with Crippen molar-refractivity contribution in [2.45, 2.75) is 0 Å². The highest BCUT2D eigenvalue weighted by Crippen LogP contribution is 2.24. The largest absolute Gasteiger partial charge is 0.494 e. The van der Waals surface area contributed by atoms with Crippen LogP contribution in [0.2, 0.25) is 5.15 Å². The van der Waals surface area contributed by atoms with E-state index in [0.29, 0.717) is 6.07 Å². The van der Waals surface area contributed by atoms with E-state index in [9.17, 15) is 18.4 Å². The van der Waals surface area contributed by atoms with E-state index in [-0.39, 0.29) is 22.2 Å². The maximum Gasteiger partial charge on any atom is 0.258 e. The van der Waals surface area contributed by atoms with Crippen molar-refractivity contribution in [2.75, 3.05) is 19.5 Å². The Morgan fingerprint density at radius 1 is 1.12 bits per heavy atom. The molecule has 2 aromatic rings. The van der Waals surface area contributed by atoms with Crippen molar-refractivity contribution in [2.24, 2.45) is 0 Å². The molecular formula is C15H12ClF2N3O3. The normalized spacial score (nSPS) is 10.2. The molecule has 0 unspecified atom stereocenters. The summed E-state index contributed by atoms with van der Waals surface area (Å²) in [5.41, 5.74) is -0.393. The molecule has 6 nitrogen and oxygen atoms in total. The first-order chi connectivity index (χ1) is 11.4. The molecule has 9 heteroatoms. The molecule has 1 aromatic carbocycles. The Morgan fingerprint density at radius 2 is 1.83 bits per heavy atom. The van der Waals surface area contributed by atoms with E-state index < -0.39 is 29.0 Å². The van der Waals surface area contributed by atoms with Crippen LogP contribution in [0.5, 0.6) is 5.75 Å². The lowest BCUT2D eigenvalue weighted by molar-refractivity contribution is 0.0963. The number of amides is 2. The van der Waals surface area contributed by atoms with E-state index >= 15 is 0 Å². The smallest absolute Gasteiger partial charge is 0.258 e. The van der Waals surface area contributed by atoms with Gasteiger partial charge in [-0.25, -0.2) is 13.8 Å². The molecule has 0 fully saturated rings. The Kier molecular flexibility index (Phi) is 5.30. The van der Waals surface area contributed by atoms with E-state index in [1.807, 2.05) is 0 Å². The topological polar surface area (TPSA) is 80.3 Å². The standard InChI is InChI=1S/C15H12ClF2N3O3/c1-19-14(22)8-6-20-13(16)5-11(8)21-15(23)7-3-12(24-2)10(18)4-9(7)17/h3-6H,1-2H3,(H,19,22)(H,20,21,23). The molecule has 0 spiro atoms. The average molecular weight is 356 g/mol. The van der Waals surface area contributed by atoms with Crippen molar-refractivity contribution in [3.8, 4) is 5.75 Å². The summed E-state index contributed by atoms with van der Waals surface area (Å²) in [7, 11) is 2.58. The van der Waals surface area contributed by atoms with Crippen LogP contribution in [-0.2, 0) is 0 Å². The van der Waals surface area contributed by atoms with E-state index in [4.69, 9.17) is 16.3 Å². The number of halogens is 3. The number of carbonyl (C=O) groups excluding carboxylic acids is 2. The molecule has 0 radical (unpaired) electrons. The molecule has 0 aliphatic rings.